The molecule has 29 heavy (non-hydrogen) atoms. The highest BCUT2D eigenvalue weighted by atomic mass is 35.5. The van der Waals surface area contributed by atoms with Crippen LogP contribution in [0.2, 0.25) is 10.0 Å². The Morgan fingerprint density at radius 2 is 1.76 bits per heavy atom. The molecule has 0 aliphatic rings. The highest BCUT2D eigenvalue weighted by Crippen LogP contribution is 2.27. The van der Waals surface area contributed by atoms with Gasteiger partial charge in [-0.25, -0.2) is 0 Å². The number of nitrogens with one attached hydrogen (secondary N) is 1. The van der Waals surface area contributed by atoms with Crippen LogP contribution in [-0.2, 0) is 16.1 Å². The number of hydrogen-bond acceptors (Lipinski definition) is 3. The molecule has 7 heteroatoms. The van der Waals surface area contributed by atoms with Crippen LogP contribution in [0.4, 0.5) is 0 Å². The molecular formula is C22H26Cl2N2O3. The van der Waals surface area contributed by atoms with E-state index in [4.69, 9.17) is 27.9 Å². The van der Waals surface area contributed by atoms with Crippen LogP contribution < -0.4 is 10.1 Å². The molecule has 5 nitrogen and oxygen atoms in total. The summed E-state index contributed by atoms with van der Waals surface area (Å²) >= 11 is 12.0. The summed E-state index contributed by atoms with van der Waals surface area (Å²) in [6.45, 7) is 7.43. The molecule has 1 atom stereocenters. The van der Waals surface area contributed by atoms with Gasteiger partial charge >= 0.3 is 0 Å². The van der Waals surface area contributed by atoms with Gasteiger partial charge in [0.25, 0.3) is 5.91 Å². The van der Waals surface area contributed by atoms with Gasteiger partial charge in [-0.05, 0) is 51.5 Å². The highest BCUT2D eigenvalue weighted by molar-refractivity contribution is 6.35. The van der Waals surface area contributed by atoms with Crippen LogP contribution in [0.1, 0.15) is 33.3 Å². The van der Waals surface area contributed by atoms with E-state index in [2.05, 4.69) is 5.32 Å². The average Bonchev–Trinajstić information content (AvgIpc) is 2.64. The zero-order valence-corrected chi connectivity index (χ0v) is 18.6. The van der Waals surface area contributed by atoms with Gasteiger partial charge in [0.1, 0.15) is 11.8 Å². The van der Waals surface area contributed by atoms with E-state index < -0.39 is 11.6 Å². The Labute approximate surface area is 181 Å². The number of halogens is 2. The van der Waals surface area contributed by atoms with Gasteiger partial charge in [0, 0.05) is 17.1 Å². The number of carbonyl (C=O) groups excluding carboxylic acids is 2. The molecule has 0 spiro atoms. The minimum Gasteiger partial charge on any atom is -0.482 e. The largest absolute Gasteiger partial charge is 0.482 e. The van der Waals surface area contributed by atoms with Gasteiger partial charge in [0.15, 0.2) is 6.61 Å². The van der Waals surface area contributed by atoms with Crippen molar-refractivity contribution < 1.29 is 14.3 Å². The second-order valence-corrected chi connectivity index (χ2v) is 8.63. The Bertz CT molecular complexity index is 851. The zero-order valence-electron chi connectivity index (χ0n) is 17.0. The molecule has 0 unspecified atom stereocenters. The lowest BCUT2D eigenvalue weighted by Crippen LogP contribution is -2.53. The van der Waals surface area contributed by atoms with Crippen LogP contribution in [0.3, 0.4) is 0 Å². The number of hydrogen-bond donors (Lipinski definition) is 1. The van der Waals surface area contributed by atoms with Crippen LogP contribution in [0.5, 0.6) is 5.75 Å². The molecule has 0 fully saturated rings. The van der Waals surface area contributed by atoms with Crippen molar-refractivity contribution in [3.8, 4) is 5.75 Å². The fraction of sp³-hybridized carbons (Fsp3) is 0.364. The first-order valence-corrected chi connectivity index (χ1v) is 10.1. The van der Waals surface area contributed by atoms with E-state index in [1.54, 1.807) is 25.1 Å². The minimum absolute atomic E-state index is 0.230. The molecule has 2 rings (SSSR count). The second kappa shape index (κ2) is 9.99. The van der Waals surface area contributed by atoms with E-state index in [0.717, 1.165) is 5.56 Å². The minimum atomic E-state index is -0.675. The molecule has 0 bridgehead atoms. The van der Waals surface area contributed by atoms with Gasteiger partial charge in [-0.3, -0.25) is 9.59 Å². The Hall–Kier alpha value is -2.24. The predicted molar refractivity (Wildman–Crippen MR) is 116 cm³/mol. The summed E-state index contributed by atoms with van der Waals surface area (Å²) in [4.78, 5) is 27.1. The molecule has 1 N–H and O–H groups in total. The molecule has 156 valence electrons. The number of carbonyl (C=O) groups is 2. The fourth-order valence-electron chi connectivity index (χ4n) is 2.65. The molecule has 0 saturated carbocycles. The molecule has 0 aromatic heterocycles. The van der Waals surface area contributed by atoms with Gasteiger partial charge in [-0.2, -0.15) is 0 Å². The molecule has 0 aliphatic heterocycles. The summed E-state index contributed by atoms with van der Waals surface area (Å²) in [5.74, 6) is -0.196. The van der Waals surface area contributed by atoms with Crippen molar-refractivity contribution in [2.24, 2.45) is 0 Å². The summed E-state index contributed by atoms with van der Waals surface area (Å²) in [7, 11) is 0. The van der Waals surface area contributed by atoms with Gasteiger partial charge in [-0.1, -0.05) is 53.5 Å². The molecule has 0 heterocycles. The predicted octanol–water partition coefficient (Wildman–Crippen LogP) is 4.70. The van der Waals surface area contributed by atoms with Gasteiger partial charge in [0.05, 0.1) is 5.02 Å². The van der Waals surface area contributed by atoms with E-state index in [0.29, 0.717) is 15.8 Å². The molecule has 0 saturated heterocycles. The smallest absolute Gasteiger partial charge is 0.261 e. The first-order chi connectivity index (χ1) is 13.6. The summed E-state index contributed by atoms with van der Waals surface area (Å²) in [6, 6.07) is 13.6. The SMILES string of the molecule is C[C@@H](C(=O)NC(C)(C)C)N(Cc1ccccc1)C(=O)COc1ccc(Cl)cc1Cl. The van der Waals surface area contributed by atoms with E-state index in [-0.39, 0.29) is 25.0 Å². The summed E-state index contributed by atoms with van der Waals surface area (Å²) < 4.78 is 5.59. The quantitative estimate of drug-likeness (QED) is 0.683. The maximum atomic E-state index is 13.0. The van der Waals surface area contributed by atoms with E-state index in [1.807, 2.05) is 51.1 Å². The van der Waals surface area contributed by atoms with Crippen molar-refractivity contribution >= 4 is 35.0 Å². The lowest BCUT2D eigenvalue weighted by Gasteiger charge is -2.31. The normalized spacial score (nSPS) is 12.2. The van der Waals surface area contributed by atoms with Crippen LogP contribution in [0.15, 0.2) is 48.5 Å². The van der Waals surface area contributed by atoms with Crippen molar-refractivity contribution in [2.45, 2.75) is 45.8 Å². The first kappa shape index (κ1) is 23.0. The first-order valence-electron chi connectivity index (χ1n) is 9.30. The van der Waals surface area contributed by atoms with Crippen LogP contribution in [0.25, 0.3) is 0 Å². The molecule has 2 aromatic carbocycles. The van der Waals surface area contributed by atoms with Crippen LogP contribution in [0, 0.1) is 0 Å². The Morgan fingerprint density at radius 3 is 2.34 bits per heavy atom. The molecule has 2 amide bonds. The third-order valence-corrected chi connectivity index (χ3v) is 4.64. The van der Waals surface area contributed by atoms with E-state index in [9.17, 15) is 9.59 Å². The Balaban J connectivity index is 2.16. The lowest BCUT2D eigenvalue weighted by atomic mass is 10.1. The molecule has 2 aromatic rings. The van der Waals surface area contributed by atoms with Crippen molar-refractivity contribution in [3.05, 3.63) is 64.1 Å². The number of amides is 2. The summed E-state index contributed by atoms with van der Waals surface area (Å²) in [5.41, 5.74) is 0.515. The van der Waals surface area contributed by atoms with Crippen molar-refractivity contribution in [1.29, 1.82) is 0 Å². The summed E-state index contributed by atoms with van der Waals surface area (Å²) in [6.07, 6.45) is 0. The summed E-state index contributed by atoms with van der Waals surface area (Å²) in [5, 5.41) is 3.72. The van der Waals surface area contributed by atoms with E-state index in [1.165, 1.54) is 4.90 Å². The monoisotopic (exact) mass is 436 g/mol. The van der Waals surface area contributed by atoms with Gasteiger partial charge < -0.3 is 15.0 Å². The molecule has 0 radical (unpaired) electrons. The number of ether oxygens (including phenoxy) is 1. The number of benzene rings is 2. The average molecular weight is 437 g/mol. The van der Waals surface area contributed by atoms with Gasteiger partial charge in [0.2, 0.25) is 5.91 Å². The fourth-order valence-corrected chi connectivity index (χ4v) is 3.11. The molecule has 0 aliphatic carbocycles. The van der Waals surface area contributed by atoms with Crippen molar-refractivity contribution in [2.75, 3.05) is 6.61 Å². The topological polar surface area (TPSA) is 58.6 Å². The molecular weight excluding hydrogens is 411 g/mol. The lowest BCUT2D eigenvalue weighted by molar-refractivity contribution is -0.142. The van der Waals surface area contributed by atoms with Crippen molar-refractivity contribution in [1.82, 2.24) is 10.2 Å². The van der Waals surface area contributed by atoms with Crippen molar-refractivity contribution in [3.63, 3.8) is 0 Å². The van der Waals surface area contributed by atoms with Crippen LogP contribution >= 0.6 is 23.2 Å². The highest BCUT2D eigenvalue weighted by Gasteiger charge is 2.28. The van der Waals surface area contributed by atoms with E-state index >= 15 is 0 Å². The second-order valence-electron chi connectivity index (χ2n) is 7.79. The number of rotatable bonds is 7. The Kier molecular flexibility index (Phi) is 7.94. The van der Waals surface area contributed by atoms with Gasteiger partial charge in [-0.15, -0.1) is 0 Å². The zero-order chi connectivity index (χ0) is 21.6. The maximum Gasteiger partial charge on any atom is 0.261 e. The maximum absolute atomic E-state index is 13.0. The third kappa shape index (κ3) is 7.26. The van der Waals surface area contributed by atoms with Crippen LogP contribution in [-0.4, -0.2) is 34.9 Å². The number of nitrogens with zero attached hydrogens (tertiary/aromatic N) is 1. The Morgan fingerprint density at radius 1 is 1.10 bits per heavy atom. The third-order valence-electron chi connectivity index (χ3n) is 4.11. The standard InChI is InChI=1S/C22H26Cl2N2O3/c1-15(21(28)25-22(2,3)4)26(13-16-8-6-5-7-9-16)20(27)14-29-19-11-10-17(23)12-18(19)24/h5-12,15H,13-14H2,1-4H3,(H,25,28)/t15-/m0/s1.